The molecular weight excluding hydrogens is 401 g/mol. The number of nitrogens with two attached hydrogens (primary N) is 1. The highest BCUT2D eigenvalue weighted by molar-refractivity contribution is 5.93. The van der Waals surface area contributed by atoms with Crippen LogP contribution in [-0.2, 0) is 11.2 Å². The van der Waals surface area contributed by atoms with E-state index in [1.165, 1.54) is 18.5 Å². The molecule has 0 aliphatic carbocycles. The first kappa shape index (κ1) is 20.4. The Kier molecular flexibility index (Phi) is 5.58. The molecule has 4 rings (SSSR count). The van der Waals surface area contributed by atoms with E-state index in [9.17, 15) is 14.0 Å². The first-order valence-electron chi connectivity index (χ1n) is 9.89. The van der Waals surface area contributed by atoms with E-state index in [0.29, 0.717) is 42.4 Å². The topological polar surface area (TPSA) is 130 Å². The number of pyridine rings is 1. The van der Waals surface area contributed by atoms with Gasteiger partial charge in [0, 0.05) is 25.5 Å². The Labute approximate surface area is 177 Å². The van der Waals surface area contributed by atoms with Crippen molar-refractivity contribution in [2.24, 2.45) is 11.7 Å². The smallest absolute Gasteiger partial charge is 0.252 e. The van der Waals surface area contributed by atoms with Crippen LogP contribution in [0.25, 0.3) is 17.2 Å². The molecule has 4 heterocycles. The van der Waals surface area contributed by atoms with Crippen LogP contribution in [0.15, 0.2) is 30.7 Å². The predicted octanol–water partition coefficient (Wildman–Crippen LogP) is 1.72. The van der Waals surface area contributed by atoms with Crippen molar-refractivity contribution in [1.82, 2.24) is 24.3 Å². The highest BCUT2D eigenvalue weighted by Crippen LogP contribution is 2.24. The second kappa shape index (κ2) is 8.47. The molecule has 0 unspecified atom stereocenters. The van der Waals surface area contributed by atoms with Crippen molar-refractivity contribution in [3.8, 4) is 17.6 Å². The van der Waals surface area contributed by atoms with Crippen molar-refractivity contribution in [3.63, 3.8) is 0 Å². The molecule has 3 aromatic rings. The normalized spacial score (nSPS) is 16.3. The van der Waals surface area contributed by atoms with Crippen LogP contribution in [0, 0.1) is 23.1 Å². The molecule has 1 aliphatic heterocycles. The van der Waals surface area contributed by atoms with E-state index in [4.69, 9.17) is 11.0 Å². The van der Waals surface area contributed by atoms with Gasteiger partial charge in [0.1, 0.15) is 23.6 Å². The molecule has 158 valence electrons. The van der Waals surface area contributed by atoms with E-state index in [1.807, 2.05) is 6.07 Å². The van der Waals surface area contributed by atoms with Crippen LogP contribution >= 0.6 is 0 Å². The van der Waals surface area contributed by atoms with Gasteiger partial charge in [-0.1, -0.05) is 0 Å². The van der Waals surface area contributed by atoms with E-state index < -0.39 is 11.7 Å². The maximum Gasteiger partial charge on any atom is 0.252 e. The number of primary amides is 1. The molecular formula is C21H20FN7O2. The molecule has 0 radical (unpaired) electrons. The first-order valence-corrected chi connectivity index (χ1v) is 9.89. The van der Waals surface area contributed by atoms with Gasteiger partial charge < -0.3 is 10.6 Å². The van der Waals surface area contributed by atoms with Crippen molar-refractivity contribution in [2.45, 2.75) is 25.7 Å². The molecule has 9 nitrogen and oxygen atoms in total. The Bertz CT molecular complexity index is 1200. The van der Waals surface area contributed by atoms with E-state index in [-0.39, 0.29) is 23.8 Å². The van der Waals surface area contributed by atoms with Gasteiger partial charge in [-0.25, -0.2) is 19.3 Å². The second-order valence-electron chi connectivity index (χ2n) is 7.52. The van der Waals surface area contributed by atoms with E-state index in [2.05, 4.69) is 15.0 Å². The summed E-state index contributed by atoms with van der Waals surface area (Å²) in [5.41, 5.74) is 7.24. The number of rotatable bonds is 5. The predicted molar refractivity (Wildman–Crippen MR) is 108 cm³/mol. The van der Waals surface area contributed by atoms with Gasteiger partial charge in [0.15, 0.2) is 5.82 Å². The van der Waals surface area contributed by atoms with Crippen molar-refractivity contribution in [3.05, 3.63) is 47.8 Å². The van der Waals surface area contributed by atoms with Crippen LogP contribution in [0.4, 0.5) is 4.39 Å². The fourth-order valence-corrected chi connectivity index (χ4v) is 3.93. The van der Waals surface area contributed by atoms with Crippen molar-refractivity contribution < 1.29 is 14.0 Å². The average molecular weight is 421 g/mol. The van der Waals surface area contributed by atoms with Crippen LogP contribution in [0.1, 0.15) is 35.3 Å². The summed E-state index contributed by atoms with van der Waals surface area (Å²) in [5.74, 6) is -0.898. The number of likely N-dealkylation sites (tertiary alicyclic amines) is 1. The molecule has 1 fully saturated rings. The zero-order valence-corrected chi connectivity index (χ0v) is 16.7. The molecule has 1 saturated heterocycles. The van der Waals surface area contributed by atoms with Crippen LogP contribution < -0.4 is 5.73 Å². The Balaban J connectivity index is 1.65. The SMILES string of the molecule is N#CCC(=O)N1CCC[C@@H](Cc2nc(-c3cnc4ccc(F)cn34)ncc2C(N)=O)C1. The largest absolute Gasteiger partial charge is 0.365 e. The number of amides is 2. The third kappa shape index (κ3) is 4.21. The number of imidazole rings is 1. The zero-order chi connectivity index (χ0) is 22.0. The highest BCUT2D eigenvalue weighted by atomic mass is 19.1. The number of carbonyl (C=O) groups is 2. The fourth-order valence-electron chi connectivity index (χ4n) is 3.93. The molecule has 0 bridgehead atoms. The summed E-state index contributed by atoms with van der Waals surface area (Å²) in [5, 5.41) is 8.78. The minimum atomic E-state index is -0.640. The van der Waals surface area contributed by atoms with Gasteiger partial charge in [-0.2, -0.15) is 5.26 Å². The van der Waals surface area contributed by atoms with Crippen molar-refractivity contribution in [2.75, 3.05) is 13.1 Å². The van der Waals surface area contributed by atoms with Crippen LogP contribution in [0.3, 0.4) is 0 Å². The quantitative estimate of drug-likeness (QED) is 0.668. The molecule has 2 N–H and O–H groups in total. The van der Waals surface area contributed by atoms with Crippen LogP contribution in [0.2, 0.25) is 0 Å². The summed E-state index contributed by atoms with van der Waals surface area (Å²) < 4.78 is 15.3. The summed E-state index contributed by atoms with van der Waals surface area (Å²) in [7, 11) is 0. The Morgan fingerprint density at radius 2 is 2.13 bits per heavy atom. The molecule has 10 heteroatoms. The molecule has 0 aromatic carbocycles. The maximum atomic E-state index is 13.7. The fraction of sp³-hybridized carbons (Fsp3) is 0.333. The molecule has 2 amide bonds. The monoisotopic (exact) mass is 421 g/mol. The van der Waals surface area contributed by atoms with Crippen molar-refractivity contribution >= 4 is 17.5 Å². The number of aromatic nitrogens is 4. The Morgan fingerprint density at radius 3 is 2.90 bits per heavy atom. The number of hydrogen-bond acceptors (Lipinski definition) is 6. The lowest BCUT2D eigenvalue weighted by atomic mass is 9.91. The number of hydrogen-bond donors (Lipinski definition) is 1. The van der Waals surface area contributed by atoms with Gasteiger partial charge in [0.05, 0.1) is 23.5 Å². The van der Waals surface area contributed by atoms with Crippen molar-refractivity contribution in [1.29, 1.82) is 5.26 Å². The van der Waals surface area contributed by atoms with Crippen LogP contribution in [-0.4, -0.2) is 49.2 Å². The molecule has 0 spiro atoms. The van der Waals surface area contributed by atoms with Gasteiger partial charge in [-0.15, -0.1) is 0 Å². The summed E-state index contributed by atoms with van der Waals surface area (Å²) in [4.78, 5) is 38.8. The number of piperidine rings is 1. The van der Waals surface area contributed by atoms with Gasteiger partial charge in [0.2, 0.25) is 5.91 Å². The number of nitriles is 1. The minimum absolute atomic E-state index is 0.0665. The number of fused-ring (bicyclic) bond motifs is 1. The average Bonchev–Trinajstić information content (AvgIpc) is 3.17. The lowest BCUT2D eigenvalue weighted by Crippen LogP contribution is -2.40. The van der Waals surface area contributed by atoms with E-state index >= 15 is 0 Å². The van der Waals surface area contributed by atoms with Gasteiger partial charge in [0.25, 0.3) is 5.91 Å². The summed E-state index contributed by atoms with van der Waals surface area (Å²) in [6.45, 7) is 1.10. The Hall–Kier alpha value is -3.87. The molecule has 1 aliphatic rings. The van der Waals surface area contributed by atoms with Gasteiger partial charge in [-0.3, -0.25) is 14.0 Å². The Morgan fingerprint density at radius 1 is 1.29 bits per heavy atom. The number of nitrogens with zero attached hydrogens (tertiary/aromatic N) is 6. The molecule has 0 saturated carbocycles. The highest BCUT2D eigenvalue weighted by Gasteiger charge is 2.26. The molecule has 31 heavy (non-hydrogen) atoms. The summed E-state index contributed by atoms with van der Waals surface area (Å²) >= 11 is 0. The summed E-state index contributed by atoms with van der Waals surface area (Å²) in [6, 6.07) is 4.75. The molecule has 1 atom stereocenters. The maximum absolute atomic E-state index is 13.7. The lowest BCUT2D eigenvalue weighted by Gasteiger charge is -2.32. The van der Waals surface area contributed by atoms with Gasteiger partial charge in [-0.05, 0) is 37.3 Å². The summed E-state index contributed by atoms with van der Waals surface area (Å²) in [6.07, 6.45) is 6.15. The van der Waals surface area contributed by atoms with E-state index in [0.717, 1.165) is 12.8 Å². The lowest BCUT2D eigenvalue weighted by molar-refractivity contribution is -0.131. The molecule has 3 aromatic heterocycles. The zero-order valence-electron chi connectivity index (χ0n) is 16.7. The van der Waals surface area contributed by atoms with Gasteiger partial charge >= 0.3 is 0 Å². The van der Waals surface area contributed by atoms with E-state index in [1.54, 1.807) is 21.6 Å². The third-order valence-electron chi connectivity index (χ3n) is 5.42. The first-order chi connectivity index (χ1) is 15.0. The number of halogens is 1. The second-order valence-corrected chi connectivity index (χ2v) is 7.52. The minimum Gasteiger partial charge on any atom is -0.365 e. The third-order valence-corrected chi connectivity index (χ3v) is 5.42. The number of carbonyl (C=O) groups excluding carboxylic acids is 2. The van der Waals surface area contributed by atoms with Crippen LogP contribution in [0.5, 0.6) is 0 Å². The standard InChI is InChI=1S/C21H20FN7O2/c22-14-3-4-18-25-10-17(29(18)12-14)21-26-9-15(20(24)31)16(27-21)8-13-2-1-7-28(11-13)19(30)5-6-23/h3-4,9-10,12-13H,1-2,5,7-8,11H2,(H2,24,31)/t13-/m0/s1.